The zero-order valence-electron chi connectivity index (χ0n) is 15.6. The van der Waals surface area contributed by atoms with Crippen molar-refractivity contribution >= 4 is 16.7 Å². The maximum absolute atomic E-state index is 13.1. The van der Waals surface area contributed by atoms with E-state index < -0.39 is 0 Å². The standard InChI is InChI=1S/C21H14N6O3/c28-20-15-10-23-21-24-19(14-2-1-6-22-9-14)25-27(21)16(15)5-7-26(20)11-13-3-4-17-18(8-13)30-12-29-17/h1-10H,11-12H2. The summed E-state index contributed by atoms with van der Waals surface area (Å²) in [6, 6.07) is 11.2. The highest BCUT2D eigenvalue weighted by Gasteiger charge is 2.15. The lowest BCUT2D eigenvalue weighted by Crippen LogP contribution is -2.21. The molecule has 5 aromatic rings. The van der Waals surface area contributed by atoms with Crippen LogP contribution in [0.15, 0.2) is 66.0 Å². The summed E-state index contributed by atoms with van der Waals surface area (Å²) in [6.45, 7) is 0.622. The Morgan fingerprint density at radius 1 is 1.07 bits per heavy atom. The van der Waals surface area contributed by atoms with Gasteiger partial charge in [0.05, 0.1) is 17.4 Å². The number of pyridine rings is 2. The van der Waals surface area contributed by atoms with E-state index in [0.29, 0.717) is 40.5 Å². The van der Waals surface area contributed by atoms with Crippen LogP contribution in [0.5, 0.6) is 11.5 Å². The molecule has 5 heterocycles. The molecule has 4 aromatic heterocycles. The molecule has 0 saturated heterocycles. The van der Waals surface area contributed by atoms with Crippen molar-refractivity contribution < 1.29 is 9.47 Å². The van der Waals surface area contributed by atoms with Crippen LogP contribution in [0.25, 0.3) is 28.1 Å². The second-order valence-corrected chi connectivity index (χ2v) is 6.88. The van der Waals surface area contributed by atoms with Crippen molar-refractivity contribution in [3.05, 3.63) is 77.1 Å². The molecule has 0 fully saturated rings. The second-order valence-electron chi connectivity index (χ2n) is 6.88. The molecule has 9 heteroatoms. The summed E-state index contributed by atoms with van der Waals surface area (Å²) in [5.41, 5.74) is 2.22. The number of benzene rings is 1. The van der Waals surface area contributed by atoms with Crippen LogP contribution < -0.4 is 15.0 Å². The average molecular weight is 398 g/mol. The van der Waals surface area contributed by atoms with Crippen molar-refractivity contribution in [2.45, 2.75) is 6.54 Å². The molecule has 0 radical (unpaired) electrons. The number of fused-ring (bicyclic) bond motifs is 4. The zero-order chi connectivity index (χ0) is 20.1. The molecule has 1 aromatic carbocycles. The quantitative estimate of drug-likeness (QED) is 0.460. The lowest BCUT2D eigenvalue weighted by atomic mass is 10.2. The Bertz CT molecular complexity index is 1480. The van der Waals surface area contributed by atoms with E-state index in [4.69, 9.17) is 9.47 Å². The van der Waals surface area contributed by atoms with Crippen LogP contribution in [0.3, 0.4) is 0 Å². The van der Waals surface area contributed by atoms with Gasteiger partial charge < -0.3 is 14.0 Å². The molecule has 1 aliphatic rings. The van der Waals surface area contributed by atoms with Crippen molar-refractivity contribution in [1.82, 2.24) is 29.1 Å². The summed E-state index contributed by atoms with van der Waals surface area (Å²) >= 11 is 0. The minimum Gasteiger partial charge on any atom is -0.454 e. The van der Waals surface area contributed by atoms with Crippen molar-refractivity contribution in [2.24, 2.45) is 0 Å². The molecule has 1 aliphatic heterocycles. The van der Waals surface area contributed by atoms with Crippen LogP contribution in [0.2, 0.25) is 0 Å². The average Bonchev–Trinajstić information content (AvgIpc) is 3.43. The van der Waals surface area contributed by atoms with E-state index >= 15 is 0 Å². The van der Waals surface area contributed by atoms with Gasteiger partial charge in [0.2, 0.25) is 6.79 Å². The van der Waals surface area contributed by atoms with Gasteiger partial charge in [0, 0.05) is 30.4 Å². The lowest BCUT2D eigenvalue weighted by molar-refractivity contribution is 0.174. The highest BCUT2D eigenvalue weighted by atomic mass is 16.7. The maximum atomic E-state index is 13.1. The fourth-order valence-electron chi connectivity index (χ4n) is 3.54. The summed E-state index contributed by atoms with van der Waals surface area (Å²) < 4.78 is 14.0. The van der Waals surface area contributed by atoms with Crippen molar-refractivity contribution in [1.29, 1.82) is 0 Å². The van der Waals surface area contributed by atoms with Crippen LogP contribution in [-0.2, 0) is 6.54 Å². The minimum atomic E-state index is -0.155. The van der Waals surface area contributed by atoms with E-state index in [9.17, 15) is 4.79 Å². The Morgan fingerprint density at radius 3 is 2.90 bits per heavy atom. The van der Waals surface area contributed by atoms with E-state index in [1.807, 2.05) is 36.4 Å². The summed E-state index contributed by atoms with van der Waals surface area (Å²) in [7, 11) is 0. The van der Waals surface area contributed by atoms with Gasteiger partial charge in [-0.05, 0) is 35.9 Å². The maximum Gasteiger partial charge on any atom is 0.261 e. The Morgan fingerprint density at radius 2 is 2.00 bits per heavy atom. The highest BCUT2D eigenvalue weighted by molar-refractivity contribution is 5.79. The molecule has 0 atom stereocenters. The van der Waals surface area contributed by atoms with Gasteiger partial charge in [0.1, 0.15) is 0 Å². The van der Waals surface area contributed by atoms with Gasteiger partial charge in [-0.1, -0.05) is 6.07 Å². The largest absolute Gasteiger partial charge is 0.454 e. The fourth-order valence-corrected chi connectivity index (χ4v) is 3.54. The van der Waals surface area contributed by atoms with Gasteiger partial charge in [-0.15, -0.1) is 5.10 Å². The van der Waals surface area contributed by atoms with Gasteiger partial charge in [-0.2, -0.15) is 9.50 Å². The third kappa shape index (κ3) is 2.60. The summed E-state index contributed by atoms with van der Waals surface area (Å²) in [6.07, 6.45) is 6.68. The van der Waals surface area contributed by atoms with Crippen LogP contribution in [-0.4, -0.2) is 35.9 Å². The molecule has 0 saturated carbocycles. The second kappa shape index (κ2) is 6.38. The lowest BCUT2D eigenvalue weighted by Gasteiger charge is -2.08. The van der Waals surface area contributed by atoms with Gasteiger partial charge in [-0.3, -0.25) is 9.78 Å². The molecular formula is C21H14N6O3. The highest BCUT2D eigenvalue weighted by Crippen LogP contribution is 2.32. The summed E-state index contributed by atoms with van der Waals surface area (Å²) in [5, 5.41) is 5.00. The molecule has 9 nitrogen and oxygen atoms in total. The minimum absolute atomic E-state index is 0.155. The molecule has 0 bridgehead atoms. The number of rotatable bonds is 3. The van der Waals surface area contributed by atoms with E-state index in [2.05, 4.69) is 20.1 Å². The topological polar surface area (TPSA) is 96.4 Å². The number of hydrogen-bond acceptors (Lipinski definition) is 7. The first-order chi connectivity index (χ1) is 14.8. The van der Waals surface area contributed by atoms with Crippen molar-refractivity contribution in [2.75, 3.05) is 6.79 Å². The first-order valence-corrected chi connectivity index (χ1v) is 9.30. The molecule has 146 valence electrons. The number of ether oxygens (including phenoxy) is 2. The summed E-state index contributed by atoms with van der Waals surface area (Å²) in [5.74, 6) is 2.34. The van der Waals surface area contributed by atoms with Crippen LogP contribution in [0.1, 0.15) is 5.56 Å². The molecule has 6 rings (SSSR count). The smallest absolute Gasteiger partial charge is 0.261 e. The predicted octanol–water partition coefficient (Wildman–Crippen LogP) is 2.28. The van der Waals surface area contributed by atoms with Gasteiger partial charge >= 0.3 is 0 Å². The van der Waals surface area contributed by atoms with E-state index in [1.165, 1.54) is 0 Å². The Balaban J connectivity index is 1.43. The first kappa shape index (κ1) is 16.7. The van der Waals surface area contributed by atoms with Crippen molar-refractivity contribution in [3.63, 3.8) is 0 Å². The van der Waals surface area contributed by atoms with E-state index in [0.717, 1.165) is 11.1 Å². The zero-order valence-corrected chi connectivity index (χ0v) is 15.6. The monoisotopic (exact) mass is 398 g/mol. The molecule has 0 aliphatic carbocycles. The Hall–Kier alpha value is -4.27. The molecule has 0 amide bonds. The summed E-state index contributed by atoms with van der Waals surface area (Å²) in [4.78, 5) is 26.0. The Labute approximate surface area is 169 Å². The normalized spacial score (nSPS) is 12.7. The number of aromatic nitrogens is 6. The molecule has 0 N–H and O–H groups in total. The third-order valence-corrected chi connectivity index (χ3v) is 5.02. The van der Waals surface area contributed by atoms with Gasteiger partial charge in [0.25, 0.3) is 11.3 Å². The molecule has 30 heavy (non-hydrogen) atoms. The Kier molecular flexibility index (Phi) is 3.54. The fraction of sp³-hybridized carbons (Fsp3) is 0.0952. The molecule has 0 unspecified atom stereocenters. The van der Waals surface area contributed by atoms with Crippen LogP contribution in [0, 0.1) is 0 Å². The SMILES string of the molecule is O=c1c2cnc3nc(-c4cccnc4)nn3c2ccn1Cc1ccc2c(c1)OCO2. The van der Waals surface area contributed by atoms with Crippen LogP contribution >= 0.6 is 0 Å². The van der Waals surface area contributed by atoms with Gasteiger partial charge in [-0.25, -0.2) is 4.98 Å². The molecular weight excluding hydrogens is 384 g/mol. The van der Waals surface area contributed by atoms with Crippen LogP contribution in [0.4, 0.5) is 0 Å². The number of hydrogen-bond donors (Lipinski definition) is 0. The van der Waals surface area contributed by atoms with E-state index in [-0.39, 0.29) is 12.4 Å². The number of nitrogens with zero attached hydrogens (tertiary/aromatic N) is 6. The predicted molar refractivity (Wildman–Crippen MR) is 107 cm³/mol. The first-order valence-electron chi connectivity index (χ1n) is 9.30. The van der Waals surface area contributed by atoms with Crippen molar-refractivity contribution in [3.8, 4) is 22.9 Å². The molecule has 0 spiro atoms. The van der Waals surface area contributed by atoms with E-state index in [1.54, 1.807) is 33.9 Å². The third-order valence-electron chi connectivity index (χ3n) is 5.02. The van der Waals surface area contributed by atoms with Gasteiger partial charge in [0.15, 0.2) is 17.3 Å².